The molecule has 0 saturated heterocycles. The lowest BCUT2D eigenvalue weighted by Crippen LogP contribution is -2.32. The Morgan fingerprint density at radius 3 is 2.70 bits per heavy atom. The van der Waals surface area contributed by atoms with E-state index in [4.69, 9.17) is 0 Å². The molecule has 0 fully saturated rings. The van der Waals surface area contributed by atoms with Crippen molar-refractivity contribution >= 4 is 5.91 Å². The van der Waals surface area contributed by atoms with E-state index in [1.807, 2.05) is 22.8 Å². The number of nitrogens with zero attached hydrogens (tertiary/aromatic N) is 3. The zero-order chi connectivity index (χ0) is 19.2. The number of aromatic amines is 2. The highest BCUT2D eigenvalue weighted by Crippen LogP contribution is 2.04. The van der Waals surface area contributed by atoms with Crippen molar-refractivity contribution in [3.05, 3.63) is 80.1 Å². The maximum atomic E-state index is 12.2. The average Bonchev–Trinajstić information content (AvgIpc) is 3.09. The van der Waals surface area contributed by atoms with Gasteiger partial charge >= 0.3 is 5.69 Å². The van der Waals surface area contributed by atoms with Crippen LogP contribution in [0.5, 0.6) is 0 Å². The maximum absolute atomic E-state index is 12.2. The molecule has 0 aliphatic heterocycles. The molecule has 2 aromatic heterocycles. The molecule has 3 N–H and O–H groups in total. The molecular formula is C18H20N6O3. The number of hydrogen-bond acceptors (Lipinski definition) is 5. The highest BCUT2D eigenvalue weighted by atomic mass is 16.2. The summed E-state index contributed by atoms with van der Waals surface area (Å²) in [6, 6.07) is 10.1. The molecule has 3 aromatic rings. The van der Waals surface area contributed by atoms with Gasteiger partial charge < -0.3 is 14.9 Å². The van der Waals surface area contributed by atoms with Gasteiger partial charge in [0.1, 0.15) is 6.33 Å². The number of carbonyl (C=O) groups is 1. The number of hydrogen-bond donors (Lipinski definition) is 3. The highest BCUT2D eigenvalue weighted by molar-refractivity contribution is 5.78. The number of carbonyl (C=O) groups excluding carboxylic acids is 1. The molecule has 9 heteroatoms. The third-order valence-corrected chi connectivity index (χ3v) is 4.22. The Bertz CT molecular complexity index is 1030. The van der Waals surface area contributed by atoms with Crippen molar-refractivity contribution in [2.45, 2.75) is 32.9 Å². The Morgan fingerprint density at radius 2 is 1.96 bits per heavy atom. The molecule has 9 nitrogen and oxygen atoms in total. The van der Waals surface area contributed by atoms with Crippen molar-refractivity contribution < 1.29 is 4.79 Å². The minimum Gasteiger partial charge on any atom is -0.349 e. The minimum absolute atomic E-state index is 0.129. The summed E-state index contributed by atoms with van der Waals surface area (Å²) >= 11 is 0. The number of benzene rings is 1. The topological polar surface area (TPSA) is 126 Å². The molecule has 0 saturated carbocycles. The van der Waals surface area contributed by atoms with Gasteiger partial charge in [-0.1, -0.05) is 30.3 Å². The van der Waals surface area contributed by atoms with Gasteiger partial charge in [0, 0.05) is 17.8 Å². The second kappa shape index (κ2) is 8.26. The van der Waals surface area contributed by atoms with E-state index in [0.29, 0.717) is 18.1 Å². The average molecular weight is 368 g/mol. The Hall–Kier alpha value is -3.49. The van der Waals surface area contributed by atoms with Crippen molar-refractivity contribution in [3.63, 3.8) is 0 Å². The first-order chi connectivity index (χ1) is 13.0. The van der Waals surface area contributed by atoms with E-state index < -0.39 is 11.2 Å². The van der Waals surface area contributed by atoms with Crippen LogP contribution in [0.4, 0.5) is 0 Å². The van der Waals surface area contributed by atoms with Crippen molar-refractivity contribution in [1.29, 1.82) is 0 Å². The van der Waals surface area contributed by atoms with E-state index in [1.54, 1.807) is 13.3 Å². The van der Waals surface area contributed by atoms with Gasteiger partial charge in [-0.15, -0.1) is 10.2 Å². The molecule has 140 valence electrons. The Kier molecular flexibility index (Phi) is 5.60. The predicted octanol–water partition coefficient (Wildman–Crippen LogP) is 0.0647. The summed E-state index contributed by atoms with van der Waals surface area (Å²) in [5.41, 5.74) is 0.669. The fraction of sp³-hybridized carbons (Fsp3) is 0.278. The van der Waals surface area contributed by atoms with Crippen molar-refractivity contribution in [3.8, 4) is 0 Å². The van der Waals surface area contributed by atoms with Gasteiger partial charge in [-0.05, 0) is 18.9 Å². The molecule has 0 spiro atoms. The normalized spacial score (nSPS) is 10.7. The molecule has 0 radical (unpaired) electrons. The first-order valence-corrected chi connectivity index (χ1v) is 8.52. The number of aryl methyl sites for hydroxylation is 3. The van der Waals surface area contributed by atoms with Crippen LogP contribution < -0.4 is 16.6 Å². The number of rotatable bonds is 7. The lowest BCUT2D eigenvalue weighted by Gasteiger charge is -2.09. The minimum atomic E-state index is -0.590. The van der Waals surface area contributed by atoms with E-state index in [9.17, 15) is 14.4 Å². The predicted molar refractivity (Wildman–Crippen MR) is 98.1 cm³/mol. The molecule has 27 heavy (non-hydrogen) atoms. The quantitative estimate of drug-likeness (QED) is 0.544. The van der Waals surface area contributed by atoms with Crippen LogP contribution in [0.2, 0.25) is 0 Å². The number of H-pyrrole nitrogens is 2. The summed E-state index contributed by atoms with van der Waals surface area (Å²) in [5.74, 6) is 0.291. The molecule has 2 heterocycles. The fourth-order valence-electron chi connectivity index (χ4n) is 2.74. The van der Waals surface area contributed by atoms with Crippen LogP contribution in [-0.4, -0.2) is 30.6 Å². The second-order valence-electron chi connectivity index (χ2n) is 6.14. The SMILES string of the molecule is Cc1[nH]c(=O)[nH]c(=O)c1CC(=O)NCc1nncn1CCc1ccccc1. The highest BCUT2D eigenvalue weighted by Gasteiger charge is 2.12. The van der Waals surface area contributed by atoms with E-state index in [2.05, 4.69) is 37.6 Å². The van der Waals surface area contributed by atoms with Crippen molar-refractivity contribution in [2.75, 3.05) is 0 Å². The molecular weight excluding hydrogens is 348 g/mol. The Labute approximate surface area is 154 Å². The number of amides is 1. The summed E-state index contributed by atoms with van der Waals surface area (Å²) in [6.45, 7) is 2.48. The molecule has 0 bridgehead atoms. The van der Waals surface area contributed by atoms with Crippen LogP contribution in [0, 0.1) is 6.92 Å². The van der Waals surface area contributed by atoms with E-state index in [0.717, 1.165) is 6.42 Å². The van der Waals surface area contributed by atoms with Gasteiger partial charge in [-0.2, -0.15) is 0 Å². The zero-order valence-corrected chi connectivity index (χ0v) is 14.9. The molecule has 0 aliphatic rings. The lowest BCUT2D eigenvalue weighted by molar-refractivity contribution is -0.120. The van der Waals surface area contributed by atoms with Crippen LogP contribution >= 0.6 is 0 Å². The van der Waals surface area contributed by atoms with Gasteiger partial charge in [0.2, 0.25) is 5.91 Å². The van der Waals surface area contributed by atoms with Crippen molar-refractivity contribution in [1.82, 2.24) is 30.0 Å². The summed E-state index contributed by atoms with van der Waals surface area (Å²) in [7, 11) is 0. The van der Waals surface area contributed by atoms with Crippen LogP contribution in [0.1, 0.15) is 22.6 Å². The standard InChI is InChI=1S/C18H20N6O3/c1-12-14(17(26)22-18(27)21-12)9-16(25)19-10-15-23-20-11-24(15)8-7-13-5-3-2-4-6-13/h2-6,11H,7-10H2,1H3,(H,19,25)(H2,21,22,26,27). The largest absolute Gasteiger partial charge is 0.349 e. The lowest BCUT2D eigenvalue weighted by atomic mass is 10.1. The third kappa shape index (κ3) is 4.78. The van der Waals surface area contributed by atoms with Gasteiger partial charge in [0.25, 0.3) is 5.56 Å². The van der Waals surface area contributed by atoms with Gasteiger partial charge in [-0.3, -0.25) is 14.6 Å². The van der Waals surface area contributed by atoms with E-state index in [1.165, 1.54) is 5.56 Å². The molecule has 3 rings (SSSR count). The van der Waals surface area contributed by atoms with Gasteiger partial charge in [0.15, 0.2) is 5.82 Å². The summed E-state index contributed by atoms with van der Waals surface area (Å²) in [6.07, 6.45) is 2.32. The first-order valence-electron chi connectivity index (χ1n) is 8.52. The van der Waals surface area contributed by atoms with Gasteiger partial charge in [0.05, 0.1) is 13.0 Å². The van der Waals surface area contributed by atoms with E-state index >= 15 is 0 Å². The van der Waals surface area contributed by atoms with Crippen LogP contribution in [-0.2, 0) is 30.7 Å². The van der Waals surface area contributed by atoms with Crippen LogP contribution in [0.25, 0.3) is 0 Å². The Morgan fingerprint density at radius 1 is 1.19 bits per heavy atom. The second-order valence-corrected chi connectivity index (χ2v) is 6.14. The molecule has 1 aromatic carbocycles. The number of aromatic nitrogens is 5. The molecule has 0 aliphatic carbocycles. The van der Waals surface area contributed by atoms with Crippen LogP contribution in [0.15, 0.2) is 46.2 Å². The summed E-state index contributed by atoms with van der Waals surface area (Å²) in [4.78, 5) is 39.8. The molecule has 0 unspecified atom stereocenters. The smallest absolute Gasteiger partial charge is 0.325 e. The summed E-state index contributed by atoms with van der Waals surface area (Å²) in [5, 5.41) is 10.7. The monoisotopic (exact) mass is 368 g/mol. The van der Waals surface area contributed by atoms with Gasteiger partial charge in [-0.25, -0.2) is 4.79 Å². The Balaban J connectivity index is 1.58. The van der Waals surface area contributed by atoms with Crippen molar-refractivity contribution in [2.24, 2.45) is 0 Å². The first kappa shape index (κ1) is 18.3. The molecule has 0 atom stereocenters. The number of nitrogens with one attached hydrogen (secondary N) is 3. The third-order valence-electron chi connectivity index (χ3n) is 4.22. The fourth-order valence-corrected chi connectivity index (χ4v) is 2.74. The molecule has 1 amide bonds. The zero-order valence-electron chi connectivity index (χ0n) is 14.9. The van der Waals surface area contributed by atoms with Crippen LogP contribution in [0.3, 0.4) is 0 Å². The summed E-state index contributed by atoms with van der Waals surface area (Å²) < 4.78 is 1.88. The maximum Gasteiger partial charge on any atom is 0.325 e. The van der Waals surface area contributed by atoms with E-state index in [-0.39, 0.29) is 24.4 Å².